The molecule has 0 amide bonds. The van der Waals surface area contributed by atoms with Crippen LogP contribution in [-0.2, 0) is 0 Å². The molecule has 0 heterocycles. The predicted octanol–water partition coefficient (Wildman–Crippen LogP) is 7.63. The Balaban J connectivity index is 1.28. The molecule has 4 fully saturated rings. The first-order valence-corrected chi connectivity index (χ1v) is 13.3. The molecule has 5 rings (SSSR count). The largest absolute Gasteiger partial charge is 0.307 e. The van der Waals surface area contributed by atoms with E-state index in [2.05, 4.69) is 63.3 Å². The Morgan fingerprint density at radius 2 is 1.63 bits per heavy atom. The van der Waals surface area contributed by atoms with Crippen LogP contribution in [0.15, 0.2) is 30.3 Å². The van der Waals surface area contributed by atoms with E-state index in [1.54, 1.807) is 19.3 Å². The molecule has 1 heteroatoms. The van der Waals surface area contributed by atoms with Crippen molar-refractivity contribution in [1.82, 2.24) is 5.32 Å². The predicted molar refractivity (Wildman–Crippen MR) is 127 cm³/mol. The highest BCUT2D eigenvalue weighted by Gasteiger charge is 2.57. The van der Waals surface area contributed by atoms with Crippen LogP contribution in [0, 0.1) is 46.8 Å². The maximum absolute atomic E-state index is 4.02. The van der Waals surface area contributed by atoms with E-state index < -0.39 is 0 Å². The van der Waals surface area contributed by atoms with E-state index in [4.69, 9.17) is 0 Å². The van der Waals surface area contributed by atoms with Crippen LogP contribution in [0.3, 0.4) is 0 Å². The van der Waals surface area contributed by atoms with Crippen molar-refractivity contribution in [3.63, 3.8) is 0 Å². The molecule has 1 aromatic rings. The van der Waals surface area contributed by atoms with E-state index in [1.165, 1.54) is 44.1 Å². The third-order valence-corrected chi connectivity index (χ3v) is 10.7. The SMILES string of the molecule is C[C@H]1CC[C@@H]2C3CC[C@@]4(C)C(CCC4[C@H](C)N[C@@H](C)c4ccccc4)[C@@H]3CC[C@@H]2C1. The van der Waals surface area contributed by atoms with Crippen molar-refractivity contribution in [3.8, 4) is 0 Å². The van der Waals surface area contributed by atoms with Crippen LogP contribution in [0.4, 0.5) is 0 Å². The van der Waals surface area contributed by atoms with Crippen molar-refractivity contribution in [3.05, 3.63) is 35.9 Å². The molecule has 3 unspecified atom stereocenters. The fraction of sp³-hybridized carbons (Fsp3) is 0.793. The van der Waals surface area contributed by atoms with Crippen LogP contribution in [0.2, 0.25) is 0 Å². The van der Waals surface area contributed by atoms with Gasteiger partial charge in [-0.15, -0.1) is 0 Å². The lowest BCUT2D eigenvalue weighted by atomic mass is 9.49. The zero-order chi connectivity index (χ0) is 20.9. The van der Waals surface area contributed by atoms with Gasteiger partial charge < -0.3 is 5.32 Å². The summed E-state index contributed by atoms with van der Waals surface area (Å²) in [7, 11) is 0. The fourth-order valence-corrected chi connectivity index (χ4v) is 9.30. The second kappa shape index (κ2) is 8.27. The van der Waals surface area contributed by atoms with Crippen LogP contribution in [0.5, 0.6) is 0 Å². The summed E-state index contributed by atoms with van der Waals surface area (Å²) in [6, 6.07) is 12.1. The van der Waals surface area contributed by atoms with Crippen LogP contribution in [0.25, 0.3) is 0 Å². The monoisotopic (exact) mass is 407 g/mol. The van der Waals surface area contributed by atoms with E-state index in [0.717, 1.165) is 41.4 Å². The molecule has 0 saturated heterocycles. The minimum atomic E-state index is 0.444. The first-order valence-electron chi connectivity index (χ1n) is 13.3. The van der Waals surface area contributed by atoms with Crippen molar-refractivity contribution in [2.24, 2.45) is 46.8 Å². The first kappa shape index (κ1) is 21.0. The van der Waals surface area contributed by atoms with Crippen LogP contribution < -0.4 is 5.32 Å². The molecule has 0 radical (unpaired) electrons. The standard InChI is InChI=1S/C29H45N/c1-19-10-12-24-23(18-19)11-13-26-25(24)16-17-29(4)27(14-15-28(26)29)21(3)30-20(2)22-8-6-5-7-9-22/h5-9,19-21,23-28,30H,10-18H2,1-4H3/t19-,20-,21-,23+,24-,25?,26+,27?,28?,29+/m0/s1. The summed E-state index contributed by atoms with van der Waals surface area (Å²) in [5.74, 6) is 7.10. The molecule has 166 valence electrons. The lowest BCUT2D eigenvalue weighted by molar-refractivity contribution is -0.0705. The number of benzene rings is 1. The number of hydrogen-bond acceptors (Lipinski definition) is 1. The lowest BCUT2D eigenvalue weighted by Gasteiger charge is -2.56. The van der Waals surface area contributed by atoms with Crippen LogP contribution in [0.1, 0.15) is 97.1 Å². The Kier molecular flexibility index (Phi) is 5.80. The summed E-state index contributed by atoms with van der Waals surface area (Å²) in [4.78, 5) is 0. The van der Waals surface area contributed by atoms with E-state index in [9.17, 15) is 0 Å². The Hall–Kier alpha value is -0.820. The third-order valence-electron chi connectivity index (χ3n) is 10.7. The van der Waals surface area contributed by atoms with Gasteiger partial charge in [-0.2, -0.15) is 0 Å². The summed E-state index contributed by atoms with van der Waals surface area (Å²) < 4.78 is 0. The summed E-state index contributed by atoms with van der Waals surface area (Å²) in [5.41, 5.74) is 2.00. The molecule has 10 atom stereocenters. The van der Waals surface area contributed by atoms with Gasteiger partial charge in [-0.05, 0) is 118 Å². The maximum Gasteiger partial charge on any atom is 0.0294 e. The molecular formula is C29H45N. The quantitative estimate of drug-likeness (QED) is 0.541. The van der Waals surface area contributed by atoms with Crippen molar-refractivity contribution < 1.29 is 0 Å². The molecule has 1 N–H and O–H groups in total. The minimum Gasteiger partial charge on any atom is -0.307 e. The molecule has 0 bridgehead atoms. The Morgan fingerprint density at radius 1 is 0.867 bits per heavy atom. The molecular weight excluding hydrogens is 362 g/mol. The van der Waals surface area contributed by atoms with Gasteiger partial charge in [-0.3, -0.25) is 0 Å². The average Bonchev–Trinajstić information content (AvgIpc) is 3.11. The highest BCUT2D eigenvalue weighted by Crippen LogP contribution is 2.64. The highest BCUT2D eigenvalue weighted by atomic mass is 15.0. The van der Waals surface area contributed by atoms with Gasteiger partial charge in [-0.1, -0.05) is 50.6 Å². The second-order valence-electron chi connectivity index (χ2n) is 12.2. The Morgan fingerprint density at radius 3 is 2.43 bits per heavy atom. The molecule has 4 aliphatic carbocycles. The average molecular weight is 408 g/mol. The Labute approximate surface area is 185 Å². The Bertz CT molecular complexity index is 712. The molecule has 30 heavy (non-hydrogen) atoms. The van der Waals surface area contributed by atoms with E-state index in [1.807, 2.05) is 0 Å². The van der Waals surface area contributed by atoms with Crippen LogP contribution in [-0.4, -0.2) is 6.04 Å². The molecule has 0 aromatic heterocycles. The van der Waals surface area contributed by atoms with Gasteiger partial charge >= 0.3 is 0 Å². The molecule has 4 aliphatic rings. The number of nitrogens with one attached hydrogen (secondary N) is 1. The fourth-order valence-electron chi connectivity index (χ4n) is 9.30. The van der Waals surface area contributed by atoms with Gasteiger partial charge in [0.2, 0.25) is 0 Å². The molecule has 4 saturated carbocycles. The maximum atomic E-state index is 4.02. The van der Waals surface area contributed by atoms with Gasteiger partial charge in [0.1, 0.15) is 0 Å². The second-order valence-corrected chi connectivity index (χ2v) is 12.2. The zero-order valence-electron chi connectivity index (χ0n) is 19.9. The van der Waals surface area contributed by atoms with Crippen LogP contribution >= 0.6 is 0 Å². The smallest absolute Gasteiger partial charge is 0.0294 e. The number of rotatable bonds is 4. The molecule has 0 spiro atoms. The normalized spacial score (nSPS) is 45.1. The number of hydrogen-bond donors (Lipinski definition) is 1. The first-order chi connectivity index (χ1) is 14.5. The summed E-state index contributed by atoms with van der Waals surface area (Å²) >= 11 is 0. The van der Waals surface area contributed by atoms with E-state index >= 15 is 0 Å². The molecule has 0 aliphatic heterocycles. The lowest BCUT2D eigenvalue weighted by Crippen LogP contribution is -2.51. The molecule has 1 nitrogen and oxygen atoms in total. The minimum absolute atomic E-state index is 0.444. The van der Waals surface area contributed by atoms with Crippen molar-refractivity contribution in [1.29, 1.82) is 0 Å². The summed E-state index contributed by atoms with van der Waals surface area (Å²) in [6.07, 6.45) is 13.7. The summed E-state index contributed by atoms with van der Waals surface area (Å²) in [5, 5.41) is 4.02. The van der Waals surface area contributed by atoms with Gasteiger partial charge in [0, 0.05) is 12.1 Å². The van der Waals surface area contributed by atoms with E-state index in [-0.39, 0.29) is 0 Å². The van der Waals surface area contributed by atoms with Gasteiger partial charge in [0.25, 0.3) is 0 Å². The summed E-state index contributed by atoms with van der Waals surface area (Å²) in [6.45, 7) is 10.0. The topological polar surface area (TPSA) is 12.0 Å². The van der Waals surface area contributed by atoms with Crippen molar-refractivity contribution >= 4 is 0 Å². The van der Waals surface area contributed by atoms with Gasteiger partial charge in [-0.25, -0.2) is 0 Å². The van der Waals surface area contributed by atoms with Crippen molar-refractivity contribution in [2.75, 3.05) is 0 Å². The zero-order valence-corrected chi connectivity index (χ0v) is 19.9. The highest BCUT2D eigenvalue weighted by molar-refractivity contribution is 5.18. The third kappa shape index (κ3) is 3.58. The van der Waals surface area contributed by atoms with Gasteiger partial charge in [0.15, 0.2) is 0 Å². The number of fused-ring (bicyclic) bond motifs is 5. The van der Waals surface area contributed by atoms with E-state index in [0.29, 0.717) is 17.5 Å². The van der Waals surface area contributed by atoms with Crippen molar-refractivity contribution in [2.45, 2.75) is 97.6 Å². The molecule has 1 aromatic carbocycles. The van der Waals surface area contributed by atoms with Gasteiger partial charge in [0.05, 0.1) is 0 Å².